The van der Waals surface area contributed by atoms with E-state index in [1.807, 2.05) is 0 Å². The van der Waals surface area contributed by atoms with Gasteiger partial charge in [0.1, 0.15) is 0 Å². The molecule has 4 nitrogen and oxygen atoms in total. The van der Waals surface area contributed by atoms with E-state index in [1.165, 1.54) is 103 Å². The third kappa shape index (κ3) is 16.5. The lowest BCUT2D eigenvalue weighted by Crippen LogP contribution is -2.21. The normalized spacial score (nSPS) is 12.0. The van der Waals surface area contributed by atoms with Crippen molar-refractivity contribution in [1.29, 1.82) is 0 Å². The Balaban J connectivity index is 3.89. The second-order valence-electron chi connectivity index (χ2n) is 8.35. The fraction of sp³-hybridized carbons (Fsp3) is 1.00. The van der Waals surface area contributed by atoms with Crippen LogP contribution in [0, 0.1) is 5.41 Å². The van der Waals surface area contributed by atoms with Crippen molar-refractivity contribution >= 4 is 0 Å². The molecule has 0 amide bonds. The molecule has 0 aromatic carbocycles. The Kier molecular flexibility index (Phi) is 20.4. The summed E-state index contributed by atoms with van der Waals surface area (Å²) in [6, 6.07) is 0. The minimum Gasteiger partial charge on any atom is -0.219 e. The minimum atomic E-state index is 0.468. The van der Waals surface area contributed by atoms with Crippen molar-refractivity contribution < 1.29 is 20.2 Å². The van der Waals surface area contributed by atoms with Gasteiger partial charge >= 0.3 is 0 Å². The Bertz CT molecular complexity index is 262. The molecule has 0 bridgehead atoms. The van der Waals surface area contributed by atoms with Gasteiger partial charge in [0.15, 0.2) is 0 Å². The zero-order chi connectivity index (χ0) is 20.1. The molecule has 0 heterocycles. The van der Waals surface area contributed by atoms with Crippen LogP contribution in [0.4, 0.5) is 0 Å². The predicted molar refractivity (Wildman–Crippen MR) is 113 cm³/mol. The molecule has 0 fully saturated rings. The Labute approximate surface area is 169 Å². The third-order valence-electron chi connectivity index (χ3n) is 5.95. The van der Waals surface area contributed by atoms with Crippen molar-refractivity contribution in [2.45, 2.75) is 136 Å². The summed E-state index contributed by atoms with van der Waals surface area (Å²) in [7, 11) is 0. The van der Waals surface area contributed by atoms with Gasteiger partial charge < -0.3 is 0 Å². The molecule has 0 spiro atoms. The van der Waals surface area contributed by atoms with Crippen LogP contribution in [-0.4, -0.2) is 11.9 Å². The van der Waals surface area contributed by atoms with Crippen LogP contribution in [0.25, 0.3) is 0 Å². The first-order valence-electron chi connectivity index (χ1n) is 11.8. The van der Waals surface area contributed by atoms with E-state index >= 15 is 0 Å². The zero-order valence-electron chi connectivity index (χ0n) is 18.6. The Morgan fingerprint density at radius 3 is 1.41 bits per heavy atom. The van der Waals surface area contributed by atoms with E-state index in [4.69, 9.17) is 5.26 Å². The number of hydrogen-bond acceptors (Lipinski definition) is 4. The highest BCUT2D eigenvalue weighted by molar-refractivity contribution is 4.79. The summed E-state index contributed by atoms with van der Waals surface area (Å²) in [5.41, 5.74) is 0.641. The second-order valence-corrected chi connectivity index (χ2v) is 8.35. The smallest absolute Gasteiger partial charge is 0.0854 e. The lowest BCUT2D eigenvalue weighted by Gasteiger charge is -2.35. The SMILES string of the molecule is CCCCC(CCCC)(CCCC)CCCCCCCCCCOOOO. The van der Waals surface area contributed by atoms with Crippen molar-refractivity contribution in [2.75, 3.05) is 6.61 Å². The standard InChI is InChI=1S/C23H48O4/c1-4-7-18-23(19-8-5-2,20-9-6-3)21-16-14-12-10-11-13-15-17-22-25-27-26-24/h24H,4-22H2,1-3H3. The van der Waals surface area contributed by atoms with Crippen molar-refractivity contribution in [3.05, 3.63) is 0 Å². The molecule has 1 N–H and O–H groups in total. The highest BCUT2D eigenvalue weighted by Crippen LogP contribution is 2.41. The zero-order valence-corrected chi connectivity index (χ0v) is 18.6. The molecule has 0 aliphatic carbocycles. The Hall–Kier alpha value is -0.160. The van der Waals surface area contributed by atoms with Gasteiger partial charge in [-0.25, -0.2) is 10.1 Å². The van der Waals surface area contributed by atoms with Gasteiger partial charge in [-0.15, -0.1) is 0 Å². The molecule has 0 unspecified atom stereocenters. The van der Waals surface area contributed by atoms with E-state index in [0.29, 0.717) is 12.0 Å². The molecule has 0 aliphatic rings. The molecular formula is C23H48O4. The van der Waals surface area contributed by atoms with Gasteiger partial charge in [-0.3, -0.25) is 0 Å². The average molecular weight is 389 g/mol. The molecule has 27 heavy (non-hydrogen) atoms. The molecule has 164 valence electrons. The summed E-state index contributed by atoms with van der Waals surface area (Å²) in [5.74, 6) is 0. The predicted octanol–water partition coefficient (Wildman–Crippen LogP) is 8.41. The Morgan fingerprint density at radius 1 is 0.556 bits per heavy atom. The summed E-state index contributed by atoms with van der Waals surface area (Å²) in [6.07, 6.45) is 24.3. The Morgan fingerprint density at radius 2 is 0.963 bits per heavy atom. The quantitative estimate of drug-likeness (QED) is 0.115. The monoisotopic (exact) mass is 388 g/mol. The summed E-state index contributed by atoms with van der Waals surface area (Å²) in [5, 5.41) is 15.3. The number of rotatable bonds is 22. The molecule has 4 heteroatoms. The average Bonchev–Trinajstić information content (AvgIpc) is 2.69. The van der Waals surface area contributed by atoms with Crippen molar-refractivity contribution in [2.24, 2.45) is 5.41 Å². The summed E-state index contributed by atoms with van der Waals surface area (Å²) >= 11 is 0. The van der Waals surface area contributed by atoms with Gasteiger partial charge in [-0.1, -0.05) is 104 Å². The van der Waals surface area contributed by atoms with Gasteiger partial charge in [0.2, 0.25) is 0 Å². The molecule has 0 saturated carbocycles. The maximum absolute atomic E-state index is 7.94. The number of unbranched alkanes of at least 4 members (excludes halogenated alkanes) is 10. The molecule has 0 atom stereocenters. The topological polar surface area (TPSA) is 47.9 Å². The van der Waals surface area contributed by atoms with Gasteiger partial charge in [0.25, 0.3) is 0 Å². The first-order valence-corrected chi connectivity index (χ1v) is 11.8. The van der Waals surface area contributed by atoms with Crippen LogP contribution in [-0.2, 0) is 15.0 Å². The maximum atomic E-state index is 7.94. The molecule has 0 aromatic heterocycles. The first kappa shape index (κ1) is 26.8. The first-order chi connectivity index (χ1) is 13.2. The number of hydrogen-bond donors (Lipinski definition) is 1. The molecule has 0 rings (SSSR count). The lowest BCUT2D eigenvalue weighted by molar-refractivity contribution is -0.623. The summed E-state index contributed by atoms with van der Waals surface area (Å²) in [6.45, 7) is 7.48. The van der Waals surface area contributed by atoms with E-state index in [-0.39, 0.29) is 0 Å². The van der Waals surface area contributed by atoms with E-state index in [9.17, 15) is 0 Å². The fourth-order valence-electron chi connectivity index (χ4n) is 4.18. The molecule has 0 aromatic rings. The maximum Gasteiger partial charge on any atom is 0.0854 e. The van der Waals surface area contributed by atoms with Crippen LogP contribution >= 0.6 is 0 Å². The van der Waals surface area contributed by atoms with E-state index < -0.39 is 0 Å². The van der Waals surface area contributed by atoms with Crippen molar-refractivity contribution in [1.82, 2.24) is 0 Å². The van der Waals surface area contributed by atoms with E-state index in [1.54, 1.807) is 0 Å². The fourth-order valence-corrected chi connectivity index (χ4v) is 4.18. The molecule has 0 radical (unpaired) electrons. The van der Waals surface area contributed by atoms with E-state index in [0.717, 1.165) is 12.8 Å². The van der Waals surface area contributed by atoms with Crippen LogP contribution in [0.15, 0.2) is 0 Å². The van der Waals surface area contributed by atoms with Gasteiger partial charge in [-0.05, 0) is 47.6 Å². The third-order valence-corrected chi connectivity index (χ3v) is 5.95. The highest BCUT2D eigenvalue weighted by Gasteiger charge is 2.27. The molecule has 0 saturated heterocycles. The van der Waals surface area contributed by atoms with Crippen LogP contribution in [0.2, 0.25) is 0 Å². The molecule has 0 aliphatic heterocycles. The van der Waals surface area contributed by atoms with Gasteiger partial charge in [-0.2, -0.15) is 0 Å². The van der Waals surface area contributed by atoms with Crippen molar-refractivity contribution in [3.8, 4) is 0 Å². The van der Waals surface area contributed by atoms with Crippen LogP contribution < -0.4 is 0 Å². The summed E-state index contributed by atoms with van der Waals surface area (Å²) in [4.78, 5) is 4.59. The molecular weight excluding hydrogens is 340 g/mol. The lowest BCUT2D eigenvalue weighted by atomic mass is 9.71. The van der Waals surface area contributed by atoms with Gasteiger partial charge in [0.05, 0.1) is 6.61 Å². The second kappa shape index (κ2) is 20.6. The summed E-state index contributed by atoms with van der Waals surface area (Å²) < 4.78 is 0. The van der Waals surface area contributed by atoms with E-state index in [2.05, 4.69) is 35.7 Å². The van der Waals surface area contributed by atoms with Gasteiger partial charge in [0, 0.05) is 0 Å². The highest BCUT2D eigenvalue weighted by atomic mass is 17.6. The van der Waals surface area contributed by atoms with Crippen molar-refractivity contribution in [3.63, 3.8) is 0 Å². The minimum absolute atomic E-state index is 0.468. The van der Waals surface area contributed by atoms with Crippen LogP contribution in [0.3, 0.4) is 0 Å². The van der Waals surface area contributed by atoms with Crippen LogP contribution in [0.1, 0.15) is 136 Å². The van der Waals surface area contributed by atoms with Crippen LogP contribution in [0.5, 0.6) is 0 Å². The largest absolute Gasteiger partial charge is 0.219 e.